The van der Waals surface area contributed by atoms with E-state index in [0.29, 0.717) is 11.3 Å². The molecule has 0 atom stereocenters. The summed E-state index contributed by atoms with van der Waals surface area (Å²) in [6.45, 7) is 4.58. The highest BCUT2D eigenvalue weighted by atomic mass is 79.9. The Morgan fingerprint density at radius 2 is 2.16 bits per heavy atom. The minimum Gasteiger partial charge on any atom is -0.374 e. The highest BCUT2D eigenvalue weighted by Gasteiger charge is 2.29. The number of halogens is 1. The van der Waals surface area contributed by atoms with Crippen LogP contribution in [-0.2, 0) is 4.79 Å². The van der Waals surface area contributed by atoms with Crippen LogP contribution >= 0.6 is 15.9 Å². The number of hydrogen-bond donors (Lipinski definition) is 1. The second-order valence-corrected chi connectivity index (χ2v) is 5.34. The van der Waals surface area contributed by atoms with Gasteiger partial charge in [0.25, 0.3) is 11.7 Å². The molecule has 1 amide bonds. The number of carbonyl (C=O) groups excluding carboxylic acids is 2. The molecule has 2 rings (SSSR count). The fourth-order valence-corrected chi connectivity index (χ4v) is 2.69. The number of allylic oxidation sites excluding steroid dienone is 1. The predicted octanol–water partition coefficient (Wildman–Crippen LogP) is 2.99. The maximum absolute atomic E-state index is 11.6. The molecule has 0 aliphatic carbocycles. The normalized spacial score (nSPS) is 13.2. The van der Waals surface area contributed by atoms with E-state index in [1.165, 1.54) is 0 Å². The van der Waals surface area contributed by atoms with E-state index in [1.54, 1.807) is 6.07 Å². The SMILES string of the molecule is C=CCCCN(C)c1cc2c(cc1Br)C(=O)C(=O)N2. The fraction of sp³-hybridized carbons (Fsp3) is 0.286. The van der Waals surface area contributed by atoms with Gasteiger partial charge in [-0.15, -0.1) is 6.58 Å². The Balaban J connectivity index is 2.24. The summed E-state index contributed by atoms with van der Waals surface area (Å²) in [5.41, 5.74) is 1.97. The lowest BCUT2D eigenvalue weighted by molar-refractivity contribution is -0.112. The lowest BCUT2D eigenvalue weighted by atomic mass is 10.1. The standard InChI is InChI=1S/C14H15BrN2O2/c1-3-4-5-6-17(2)12-8-11-9(7-10(12)15)13(18)14(19)16-11/h3,7-8H,1,4-6H2,2H3,(H,16,18,19). The van der Waals surface area contributed by atoms with Gasteiger partial charge in [0.2, 0.25) is 0 Å². The molecule has 1 aromatic carbocycles. The fourth-order valence-electron chi connectivity index (χ4n) is 2.04. The van der Waals surface area contributed by atoms with Crippen LogP contribution in [0.15, 0.2) is 29.3 Å². The van der Waals surface area contributed by atoms with E-state index in [2.05, 4.69) is 32.7 Å². The summed E-state index contributed by atoms with van der Waals surface area (Å²) in [6.07, 6.45) is 3.86. The van der Waals surface area contributed by atoms with Gasteiger partial charge in [0, 0.05) is 18.1 Å². The number of ketones is 1. The summed E-state index contributed by atoms with van der Waals surface area (Å²) in [5, 5.41) is 2.58. The molecule has 0 saturated heterocycles. The molecule has 5 heteroatoms. The molecule has 1 N–H and O–H groups in total. The Hall–Kier alpha value is -1.62. The van der Waals surface area contributed by atoms with Crippen LogP contribution in [0.4, 0.5) is 11.4 Å². The van der Waals surface area contributed by atoms with Crippen molar-refractivity contribution >= 4 is 39.0 Å². The molecule has 1 aromatic rings. The molecule has 1 aliphatic rings. The molecular formula is C14H15BrN2O2. The van der Waals surface area contributed by atoms with Crippen molar-refractivity contribution in [3.05, 3.63) is 34.8 Å². The van der Waals surface area contributed by atoms with E-state index >= 15 is 0 Å². The van der Waals surface area contributed by atoms with Crippen LogP contribution in [0.2, 0.25) is 0 Å². The van der Waals surface area contributed by atoms with Gasteiger partial charge in [-0.25, -0.2) is 0 Å². The van der Waals surface area contributed by atoms with Gasteiger partial charge in [-0.1, -0.05) is 6.08 Å². The topological polar surface area (TPSA) is 49.4 Å². The monoisotopic (exact) mass is 322 g/mol. The predicted molar refractivity (Wildman–Crippen MR) is 79.8 cm³/mol. The Bertz CT molecular complexity index is 555. The third kappa shape index (κ3) is 2.71. The van der Waals surface area contributed by atoms with Crippen molar-refractivity contribution in [3.63, 3.8) is 0 Å². The Labute approximate surface area is 120 Å². The zero-order chi connectivity index (χ0) is 14.0. The summed E-state index contributed by atoms with van der Waals surface area (Å²) in [7, 11) is 1.98. The first-order chi connectivity index (χ1) is 9.04. The van der Waals surface area contributed by atoms with Crippen LogP contribution in [0, 0.1) is 0 Å². The first kappa shape index (κ1) is 13.8. The average molecular weight is 323 g/mol. The Kier molecular flexibility index (Phi) is 4.04. The van der Waals surface area contributed by atoms with Crippen LogP contribution in [0.5, 0.6) is 0 Å². The summed E-state index contributed by atoms with van der Waals surface area (Å²) >= 11 is 3.45. The van der Waals surface area contributed by atoms with Crippen molar-refractivity contribution in [2.45, 2.75) is 12.8 Å². The molecular weight excluding hydrogens is 308 g/mol. The van der Waals surface area contributed by atoms with Crippen LogP contribution in [0.25, 0.3) is 0 Å². The largest absolute Gasteiger partial charge is 0.374 e. The van der Waals surface area contributed by atoms with E-state index in [0.717, 1.165) is 29.5 Å². The number of Topliss-reactive ketones (excluding diaryl/α,β-unsaturated/α-hetero) is 1. The average Bonchev–Trinajstić information content (AvgIpc) is 2.65. The van der Waals surface area contributed by atoms with Gasteiger partial charge in [-0.2, -0.15) is 0 Å². The highest BCUT2D eigenvalue weighted by Crippen LogP contribution is 2.34. The number of amides is 1. The Morgan fingerprint density at radius 1 is 1.42 bits per heavy atom. The highest BCUT2D eigenvalue weighted by molar-refractivity contribution is 9.10. The lowest BCUT2D eigenvalue weighted by Crippen LogP contribution is -2.19. The van der Waals surface area contributed by atoms with E-state index in [-0.39, 0.29) is 0 Å². The molecule has 19 heavy (non-hydrogen) atoms. The van der Waals surface area contributed by atoms with Gasteiger partial charge in [0.15, 0.2) is 0 Å². The third-order valence-electron chi connectivity index (χ3n) is 3.10. The zero-order valence-electron chi connectivity index (χ0n) is 10.7. The third-order valence-corrected chi connectivity index (χ3v) is 3.73. The molecule has 0 fully saturated rings. The number of carbonyl (C=O) groups is 2. The summed E-state index contributed by atoms with van der Waals surface area (Å²) in [6, 6.07) is 3.53. The minimum absolute atomic E-state index is 0.431. The number of nitrogens with one attached hydrogen (secondary N) is 1. The first-order valence-electron chi connectivity index (χ1n) is 6.06. The van der Waals surface area contributed by atoms with E-state index in [1.807, 2.05) is 19.2 Å². The zero-order valence-corrected chi connectivity index (χ0v) is 12.3. The van der Waals surface area contributed by atoms with Crippen molar-refractivity contribution in [3.8, 4) is 0 Å². The Morgan fingerprint density at radius 3 is 2.84 bits per heavy atom. The van der Waals surface area contributed by atoms with Crippen molar-refractivity contribution in [2.24, 2.45) is 0 Å². The minimum atomic E-state index is -0.562. The number of hydrogen-bond acceptors (Lipinski definition) is 3. The number of unbranched alkanes of at least 4 members (excludes halogenated alkanes) is 1. The summed E-state index contributed by atoms with van der Waals surface area (Å²) in [5.74, 6) is -1.04. The molecule has 0 bridgehead atoms. The molecule has 0 saturated carbocycles. The van der Waals surface area contributed by atoms with Gasteiger partial charge in [0.1, 0.15) is 0 Å². The molecule has 100 valence electrons. The van der Waals surface area contributed by atoms with E-state index in [9.17, 15) is 9.59 Å². The molecule has 1 aliphatic heterocycles. The van der Waals surface area contributed by atoms with Crippen molar-refractivity contribution < 1.29 is 9.59 Å². The number of fused-ring (bicyclic) bond motifs is 1. The van der Waals surface area contributed by atoms with Gasteiger partial charge in [-0.05, 0) is 40.9 Å². The number of nitrogens with zero attached hydrogens (tertiary/aromatic N) is 1. The number of rotatable bonds is 5. The van der Waals surface area contributed by atoms with Gasteiger partial charge < -0.3 is 10.2 Å². The quantitative estimate of drug-likeness (QED) is 0.515. The molecule has 0 radical (unpaired) electrons. The van der Waals surface area contributed by atoms with Crippen LogP contribution in [0.3, 0.4) is 0 Å². The van der Waals surface area contributed by atoms with E-state index in [4.69, 9.17) is 0 Å². The van der Waals surface area contributed by atoms with Crippen molar-refractivity contribution in [2.75, 3.05) is 23.8 Å². The first-order valence-corrected chi connectivity index (χ1v) is 6.85. The van der Waals surface area contributed by atoms with Crippen molar-refractivity contribution in [1.82, 2.24) is 0 Å². The van der Waals surface area contributed by atoms with Crippen LogP contribution < -0.4 is 10.2 Å². The second-order valence-electron chi connectivity index (χ2n) is 4.48. The second kappa shape index (κ2) is 5.57. The van der Waals surface area contributed by atoms with Crippen molar-refractivity contribution in [1.29, 1.82) is 0 Å². The number of anilines is 2. The smallest absolute Gasteiger partial charge is 0.296 e. The van der Waals surface area contributed by atoms with Gasteiger partial charge in [-0.3, -0.25) is 9.59 Å². The molecule has 0 aromatic heterocycles. The van der Waals surface area contributed by atoms with Gasteiger partial charge >= 0.3 is 0 Å². The molecule has 4 nitrogen and oxygen atoms in total. The molecule has 0 spiro atoms. The van der Waals surface area contributed by atoms with E-state index < -0.39 is 11.7 Å². The molecule has 0 unspecified atom stereocenters. The van der Waals surface area contributed by atoms with Gasteiger partial charge in [0.05, 0.1) is 16.9 Å². The molecule has 1 heterocycles. The lowest BCUT2D eigenvalue weighted by Gasteiger charge is -2.21. The maximum Gasteiger partial charge on any atom is 0.296 e. The number of benzene rings is 1. The van der Waals surface area contributed by atoms with Crippen LogP contribution in [0.1, 0.15) is 23.2 Å². The summed E-state index contributed by atoms with van der Waals surface area (Å²) in [4.78, 5) is 25.0. The summed E-state index contributed by atoms with van der Waals surface area (Å²) < 4.78 is 0.817. The van der Waals surface area contributed by atoms with Crippen LogP contribution in [-0.4, -0.2) is 25.3 Å². The maximum atomic E-state index is 11.6.